The molecule has 2 N–H and O–H groups in total. The van der Waals surface area contributed by atoms with Crippen molar-refractivity contribution < 1.29 is 14.6 Å². The lowest BCUT2D eigenvalue weighted by Crippen LogP contribution is -2.41. The van der Waals surface area contributed by atoms with Crippen LogP contribution in [0.4, 0.5) is 0 Å². The van der Waals surface area contributed by atoms with Crippen LogP contribution in [0, 0.1) is 19.8 Å². The minimum Gasteiger partial charge on any atom is -0.484 e. The molecule has 1 aromatic carbocycles. The first kappa shape index (κ1) is 14.9. The predicted molar refractivity (Wildman–Crippen MR) is 77.8 cm³/mol. The zero-order valence-corrected chi connectivity index (χ0v) is 12.2. The molecule has 0 aromatic heterocycles. The smallest absolute Gasteiger partial charge is 0.258 e. The Morgan fingerprint density at radius 3 is 2.90 bits per heavy atom. The summed E-state index contributed by atoms with van der Waals surface area (Å²) in [4.78, 5) is 11.9. The number of aliphatic hydroxyl groups is 1. The fourth-order valence-corrected chi connectivity index (χ4v) is 2.80. The van der Waals surface area contributed by atoms with E-state index in [2.05, 4.69) is 5.32 Å². The predicted octanol–water partition coefficient (Wildman–Crippen LogP) is 1.96. The van der Waals surface area contributed by atoms with Gasteiger partial charge in [-0.05, 0) is 38.3 Å². The van der Waals surface area contributed by atoms with E-state index in [0.717, 1.165) is 30.6 Å². The highest BCUT2D eigenvalue weighted by Crippen LogP contribution is 2.25. The number of hydrogen-bond donors (Lipinski definition) is 2. The second-order valence-electron chi connectivity index (χ2n) is 5.61. The van der Waals surface area contributed by atoms with Crippen LogP contribution in [0.2, 0.25) is 0 Å². The third kappa shape index (κ3) is 3.73. The molecule has 0 saturated heterocycles. The van der Waals surface area contributed by atoms with Crippen LogP contribution in [-0.2, 0) is 4.79 Å². The highest BCUT2D eigenvalue weighted by atomic mass is 16.5. The minimum absolute atomic E-state index is 0.0263. The van der Waals surface area contributed by atoms with Gasteiger partial charge in [-0.25, -0.2) is 0 Å². The van der Waals surface area contributed by atoms with Crippen molar-refractivity contribution in [1.82, 2.24) is 5.32 Å². The van der Waals surface area contributed by atoms with Crippen LogP contribution in [-0.4, -0.2) is 30.3 Å². The maximum atomic E-state index is 11.9. The number of hydrogen-bond acceptors (Lipinski definition) is 3. The standard InChI is InChI=1S/C16H23NO3/c1-11-6-7-15(12(2)8-11)20-10-16(19)17-14-5-3-4-13(14)9-18/h6-8,13-14,18H,3-5,9-10H2,1-2H3,(H,17,19). The van der Waals surface area contributed by atoms with E-state index in [-0.39, 0.29) is 31.1 Å². The zero-order chi connectivity index (χ0) is 14.5. The molecule has 1 aliphatic rings. The Balaban J connectivity index is 1.83. The van der Waals surface area contributed by atoms with Crippen molar-refractivity contribution in [2.45, 2.75) is 39.2 Å². The molecule has 4 nitrogen and oxygen atoms in total. The van der Waals surface area contributed by atoms with Gasteiger partial charge in [0.15, 0.2) is 6.61 Å². The van der Waals surface area contributed by atoms with E-state index in [9.17, 15) is 9.90 Å². The molecule has 1 aromatic rings. The number of nitrogens with one attached hydrogen (secondary N) is 1. The van der Waals surface area contributed by atoms with Crippen LogP contribution in [0.5, 0.6) is 5.75 Å². The van der Waals surface area contributed by atoms with Crippen LogP contribution < -0.4 is 10.1 Å². The average molecular weight is 277 g/mol. The van der Waals surface area contributed by atoms with Gasteiger partial charge in [0.2, 0.25) is 0 Å². The van der Waals surface area contributed by atoms with Crippen LogP contribution in [0.1, 0.15) is 30.4 Å². The minimum atomic E-state index is -0.115. The van der Waals surface area contributed by atoms with Crippen molar-refractivity contribution in [1.29, 1.82) is 0 Å². The van der Waals surface area contributed by atoms with Gasteiger partial charge in [-0.1, -0.05) is 24.1 Å². The van der Waals surface area contributed by atoms with E-state index in [4.69, 9.17) is 4.74 Å². The third-order valence-corrected chi connectivity index (χ3v) is 3.93. The van der Waals surface area contributed by atoms with Gasteiger partial charge in [0, 0.05) is 18.6 Å². The monoisotopic (exact) mass is 277 g/mol. The number of aryl methyl sites for hydroxylation is 2. The van der Waals surface area contributed by atoms with E-state index in [1.807, 2.05) is 32.0 Å². The molecule has 0 radical (unpaired) electrons. The molecular formula is C16H23NO3. The molecule has 20 heavy (non-hydrogen) atoms. The number of carbonyl (C=O) groups excluding carboxylic acids is 1. The van der Waals surface area contributed by atoms with Crippen LogP contribution in [0.15, 0.2) is 18.2 Å². The molecule has 110 valence electrons. The lowest BCUT2D eigenvalue weighted by Gasteiger charge is -2.19. The largest absolute Gasteiger partial charge is 0.484 e. The molecule has 0 aliphatic heterocycles. The van der Waals surface area contributed by atoms with Crippen LogP contribution in [0.25, 0.3) is 0 Å². The van der Waals surface area contributed by atoms with Crippen molar-refractivity contribution in [3.05, 3.63) is 29.3 Å². The summed E-state index contributed by atoms with van der Waals surface area (Å²) in [7, 11) is 0. The first-order valence-electron chi connectivity index (χ1n) is 7.20. The molecule has 1 amide bonds. The topological polar surface area (TPSA) is 58.6 Å². The van der Waals surface area contributed by atoms with Crippen molar-refractivity contribution in [2.75, 3.05) is 13.2 Å². The van der Waals surface area contributed by atoms with Gasteiger partial charge in [-0.15, -0.1) is 0 Å². The highest BCUT2D eigenvalue weighted by molar-refractivity contribution is 5.78. The number of carbonyl (C=O) groups is 1. The molecule has 0 heterocycles. The second kappa shape index (κ2) is 6.75. The first-order chi connectivity index (χ1) is 9.60. The van der Waals surface area contributed by atoms with E-state index < -0.39 is 0 Å². The van der Waals surface area contributed by atoms with Crippen molar-refractivity contribution in [2.24, 2.45) is 5.92 Å². The maximum absolute atomic E-state index is 11.9. The molecule has 0 spiro atoms. The molecule has 2 atom stereocenters. The van der Waals surface area contributed by atoms with Gasteiger partial charge in [-0.2, -0.15) is 0 Å². The van der Waals surface area contributed by atoms with Gasteiger partial charge in [-0.3, -0.25) is 4.79 Å². The summed E-state index contributed by atoms with van der Waals surface area (Å²) >= 11 is 0. The molecule has 2 unspecified atom stereocenters. The number of ether oxygens (including phenoxy) is 1. The molecule has 1 aliphatic carbocycles. The molecule has 0 bridgehead atoms. The number of rotatable bonds is 5. The molecule has 1 fully saturated rings. The summed E-state index contributed by atoms with van der Waals surface area (Å²) in [5.74, 6) is 0.825. The molecular weight excluding hydrogens is 254 g/mol. The zero-order valence-electron chi connectivity index (χ0n) is 12.2. The van der Waals surface area contributed by atoms with E-state index >= 15 is 0 Å². The normalized spacial score (nSPS) is 21.8. The van der Waals surface area contributed by atoms with Gasteiger partial charge in [0.25, 0.3) is 5.91 Å². The Hall–Kier alpha value is -1.55. The fraction of sp³-hybridized carbons (Fsp3) is 0.562. The van der Waals surface area contributed by atoms with E-state index in [0.29, 0.717) is 0 Å². The summed E-state index contributed by atoms with van der Waals surface area (Å²) in [6, 6.07) is 5.99. The fourth-order valence-electron chi connectivity index (χ4n) is 2.80. The Morgan fingerprint density at radius 2 is 2.20 bits per heavy atom. The van der Waals surface area contributed by atoms with Gasteiger partial charge in [0.05, 0.1) is 0 Å². The van der Waals surface area contributed by atoms with Crippen molar-refractivity contribution >= 4 is 5.91 Å². The Kier molecular flexibility index (Phi) is 5.01. The molecule has 4 heteroatoms. The Morgan fingerprint density at radius 1 is 1.40 bits per heavy atom. The summed E-state index contributed by atoms with van der Waals surface area (Å²) in [6.45, 7) is 4.17. The van der Waals surface area contributed by atoms with Gasteiger partial charge in [0.1, 0.15) is 5.75 Å². The quantitative estimate of drug-likeness (QED) is 0.865. The lowest BCUT2D eigenvalue weighted by atomic mass is 10.1. The SMILES string of the molecule is Cc1ccc(OCC(=O)NC2CCCC2CO)c(C)c1. The second-order valence-corrected chi connectivity index (χ2v) is 5.61. The van der Waals surface area contributed by atoms with Crippen LogP contribution in [0.3, 0.4) is 0 Å². The Labute approximate surface area is 120 Å². The number of amides is 1. The summed E-state index contributed by atoms with van der Waals surface area (Å²) < 4.78 is 5.56. The summed E-state index contributed by atoms with van der Waals surface area (Å²) in [5, 5.41) is 12.2. The van der Waals surface area contributed by atoms with E-state index in [1.165, 1.54) is 5.56 Å². The van der Waals surface area contributed by atoms with Crippen LogP contribution >= 0.6 is 0 Å². The molecule has 2 rings (SSSR count). The van der Waals surface area contributed by atoms with Crippen molar-refractivity contribution in [3.63, 3.8) is 0 Å². The summed E-state index contributed by atoms with van der Waals surface area (Å²) in [5.41, 5.74) is 2.21. The lowest BCUT2D eigenvalue weighted by molar-refractivity contribution is -0.124. The van der Waals surface area contributed by atoms with Crippen molar-refractivity contribution in [3.8, 4) is 5.75 Å². The molecule has 1 saturated carbocycles. The Bertz CT molecular complexity index is 473. The highest BCUT2D eigenvalue weighted by Gasteiger charge is 2.27. The summed E-state index contributed by atoms with van der Waals surface area (Å²) in [6.07, 6.45) is 2.99. The van der Waals surface area contributed by atoms with E-state index in [1.54, 1.807) is 0 Å². The number of benzene rings is 1. The maximum Gasteiger partial charge on any atom is 0.258 e. The van der Waals surface area contributed by atoms with Gasteiger partial charge >= 0.3 is 0 Å². The average Bonchev–Trinajstić information content (AvgIpc) is 2.85. The number of aliphatic hydroxyl groups excluding tert-OH is 1. The third-order valence-electron chi connectivity index (χ3n) is 3.93. The first-order valence-corrected chi connectivity index (χ1v) is 7.20. The van der Waals surface area contributed by atoms with Gasteiger partial charge < -0.3 is 15.2 Å².